The Morgan fingerprint density at radius 1 is 0.304 bits per heavy atom. The van der Waals surface area contributed by atoms with Crippen LogP contribution in [0, 0.1) is 55.4 Å². The van der Waals surface area contributed by atoms with Gasteiger partial charge in [0.1, 0.15) is 0 Å². The Kier molecular flexibility index (Phi) is 16.5. The number of hydrogen-bond acceptors (Lipinski definition) is 2. The molecule has 0 aliphatic heterocycles. The predicted molar refractivity (Wildman–Crippen MR) is 340 cm³/mol. The lowest BCUT2D eigenvalue weighted by Gasteiger charge is -2.36. The molecule has 0 atom stereocenters. The minimum atomic E-state index is -0.146. The largest absolute Gasteiger partial charge is 0.310 e. The van der Waals surface area contributed by atoms with E-state index < -0.39 is 0 Å². The number of aryl methyl sites for hydroxylation is 14. The van der Waals surface area contributed by atoms with Gasteiger partial charge in [-0.15, -0.1) is 0 Å². The first-order chi connectivity index (χ1) is 38.4. The standard InChI is InChI=1S/C77H88N2/c1-53-23-35-67(36-24-53)78(75-57(5)45-55(3)46-58(75)6)69-39-41-71-72-42-40-70(79(68-37-25-54(2)26-38-68)76-59(7)47-56(4)48-60(76)8)52-74(72)77(73(71)51-69,43-19-15-11-9-13-17-21-61-27-29-63-31-33-65(63)49-61)44-20-16-12-10-14-18-22-62-28-30-64-32-34-66(64)50-62/h23-30,35-42,45-52H,9-22,31-34,43-44H2,1-8H3. The van der Waals surface area contributed by atoms with E-state index in [9.17, 15) is 0 Å². The number of nitrogens with zero attached hydrogens (tertiary/aromatic N) is 2. The zero-order valence-electron chi connectivity index (χ0n) is 49.4. The Labute approximate surface area is 476 Å². The summed E-state index contributed by atoms with van der Waals surface area (Å²) in [7, 11) is 0. The molecule has 79 heavy (non-hydrogen) atoms. The number of hydrogen-bond donors (Lipinski definition) is 0. The maximum Gasteiger partial charge on any atom is 0.0520 e. The SMILES string of the molecule is Cc1ccc(N(c2ccc3c(c2)C(CCCCCCCCc2ccc4c(c2)CC4)(CCCCCCCCc2ccc4c(c2)CC4)c2cc(N(c4ccc(C)cc4)c4c(C)cc(C)cc4C)ccc2-3)c2c(C)cc(C)cc2C)cc1. The molecule has 0 saturated carbocycles. The molecule has 0 radical (unpaired) electrons. The van der Waals surface area contributed by atoms with Crippen molar-refractivity contribution in [2.45, 2.75) is 189 Å². The fourth-order valence-corrected chi connectivity index (χ4v) is 14.4. The molecule has 8 aromatic carbocycles. The molecular formula is C77H88N2. The zero-order valence-corrected chi connectivity index (χ0v) is 49.4. The van der Waals surface area contributed by atoms with E-state index in [0.29, 0.717) is 0 Å². The third kappa shape index (κ3) is 11.7. The van der Waals surface area contributed by atoms with Crippen molar-refractivity contribution in [1.29, 1.82) is 0 Å². The molecule has 0 heterocycles. The lowest BCUT2D eigenvalue weighted by atomic mass is 9.70. The van der Waals surface area contributed by atoms with Gasteiger partial charge in [-0.1, -0.05) is 184 Å². The molecule has 0 N–H and O–H groups in total. The molecule has 406 valence electrons. The van der Waals surface area contributed by atoms with E-state index in [0.717, 1.165) is 12.8 Å². The smallest absolute Gasteiger partial charge is 0.0520 e. The summed E-state index contributed by atoms with van der Waals surface area (Å²) in [5.74, 6) is 0. The van der Waals surface area contributed by atoms with Gasteiger partial charge >= 0.3 is 0 Å². The first-order valence-electron chi connectivity index (χ1n) is 30.8. The van der Waals surface area contributed by atoms with Crippen LogP contribution < -0.4 is 9.80 Å². The second-order valence-electron chi connectivity index (χ2n) is 24.8. The van der Waals surface area contributed by atoms with Gasteiger partial charge in [-0.05, 0) is 246 Å². The van der Waals surface area contributed by atoms with Crippen LogP contribution in [0.1, 0.15) is 179 Å². The summed E-state index contributed by atoms with van der Waals surface area (Å²) in [4.78, 5) is 5.15. The minimum Gasteiger partial charge on any atom is -0.310 e. The molecule has 3 aliphatic carbocycles. The van der Waals surface area contributed by atoms with Gasteiger partial charge in [0.2, 0.25) is 0 Å². The molecule has 2 heteroatoms. The van der Waals surface area contributed by atoms with E-state index in [4.69, 9.17) is 0 Å². The number of rotatable bonds is 24. The monoisotopic (exact) mass is 1040 g/mol. The van der Waals surface area contributed by atoms with Crippen LogP contribution in [0.3, 0.4) is 0 Å². The molecule has 0 bridgehead atoms. The highest BCUT2D eigenvalue weighted by Gasteiger charge is 2.43. The molecule has 0 aromatic heterocycles. The minimum absolute atomic E-state index is 0.146. The summed E-state index contributed by atoms with van der Waals surface area (Å²) in [5, 5.41) is 0. The molecular weight excluding hydrogens is 953 g/mol. The van der Waals surface area contributed by atoms with Crippen molar-refractivity contribution in [2.24, 2.45) is 0 Å². The molecule has 11 rings (SSSR count). The third-order valence-corrected chi connectivity index (χ3v) is 18.7. The van der Waals surface area contributed by atoms with Crippen molar-refractivity contribution >= 4 is 34.1 Å². The average Bonchev–Trinajstić information content (AvgIpc) is 3.95. The Bertz CT molecular complexity index is 3170. The highest BCUT2D eigenvalue weighted by Crippen LogP contribution is 2.57. The zero-order chi connectivity index (χ0) is 54.6. The number of benzene rings is 8. The molecule has 0 fully saturated rings. The quantitative estimate of drug-likeness (QED) is 0.0557. The lowest BCUT2D eigenvalue weighted by molar-refractivity contribution is 0.397. The normalized spacial score (nSPS) is 13.5. The summed E-state index contributed by atoms with van der Waals surface area (Å²) in [6.45, 7) is 18.1. The summed E-state index contributed by atoms with van der Waals surface area (Å²) < 4.78 is 0. The van der Waals surface area contributed by atoms with Gasteiger partial charge in [0.25, 0.3) is 0 Å². The van der Waals surface area contributed by atoms with Crippen LogP contribution in [0.2, 0.25) is 0 Å². The highest BCUT2D eigenvalue weighted by molar-refractivity contribution is 5.90. The topological polar surface area (TPSA) is 6.48 Å². The van der Waals surface area contributed by atoms with Gasteiger partial charge in [0.15, 0.2) is 0 Å². The van der Waals surface area contributed by atoms with Crippen molar-refractivity contribution < 1.29 is 0 Å². The summed E-state index contributed by atoms with van der Waals surface area (Å²) in [5.41, 5.74) is 33.1. The molecule has 8 aromatic rings. The van der Waals surface area contributed by atoms with E-state index in [1.807, 2.05) is 0 Å². The van der Waals surface area contributed by atoms with Crippen LogP contribution in [0.4, 0.5) is 34.1 Å². The highest BCUT2D eigenvalue weighted by atomic mass is 15.2. The Balaban J connectivity index is 0.954. The van der Waals surface area contributed by atoms with E-state index in [1.54, 1.807) is 33.4 Å². The second-order valence-corrected chi connectivity index (χ2v) is 24.8. The van der Waals surface area contributed by atoms with Crippen molar-refractivity contribution in [1.82, 2.24) is 0 Å². The maximum absolute atomic E-state index is 2.66. The van der Waals surface area contributed by atoms with E-state index in [1.165, 1.54) is 216 Å². The summed E-state index contributed by atoms with van der Waals surface area (Å²) in [6.07, 6.45) is 25.2. The van der Waals surface area contributed by atoms with Gasteiger partial charge in [-0.25, -0.2) is 0 Å². The van der Waals surface area contributed by atoms with Crippen molar-refractivity contribution in [2.75, 3.05) is 9.80 Å². The van der Waals surface area contributed by atoms with Crippen molar-refractivity contribution in [3.05, 3.63) is 235 Å². The Hall–Kier alpha value is -6.64. The third-order valence-electron chi connectivity index (χ3n) is 18.7. The predicted octanol–water partition coefficient (Wildman–Crippen LogP) is 21.5. The van der Waals surface area contributed by atoms with E-state index in [-0.39, 0.29) is 5.41 Å². The van der Waals surface area contributed by atoms with Gasteiger partial charge in [-0.3, -0.25) is 0 Å². The molecule has 2 nitrogen and oxygen atoms in total. The van der Waals surface area contributed by atoms with Crippen LogP contribution in [-0.2, 0) is 43.9 Å². The summed E-state index contributed by atoms with van der Waals surface area (Å²) in [6, 6.07) is 57.7. The van der Waals surface area contributed by atoms with Crippen LogP contribution >= 0.6 is 0 Å². The number of anilines is 6. The van der Waals surface area contributed by atoms with Gasteiger partial charge in [0, 0.05) is 28.2 Å². The van der Waals surface area contributed by atoms with Crippen molar-refractivity contribution in [3.63, 3.8) is 0 Å². The molecule has 0 saturated heterocycles. The fourth-order valence-electron chi connectivity index (χ4n) is 14.4. The number of fused-ring (bicyclic) bond motifs is 5. The van der Waals surface area contributed by atoms with Gasteiger partial charge in [-0.2, -0.15) is 0 Å². The molecule has 0 spiro atoms. The molecule has 0 amide bonds. The second kappa shape index (κ2) is 24.0. The first kappa shape index (κ1) is 54.3. The van der Waals surface area contributed by atoms with Crippen LogP contribution in [0.15, 0.2) is 146 Å². The Morgan fingerprint density at radius 2 is 0.646 bits per heavy atom. The number of unbranched alkanes of at least 4 members (excludes halogenated alkanes) is 10. The average molecular weight is 1040 g/mol. The Morgan fingerprint density at radius 3 is 1.00 bits per heavy atom. The van der Waals surface area contributed by atoms with Crippen LogP contribution in [0.5, 0.6) is 0 Å². The van der Waals surface area contributed by atoms with Gasteiger partial charge in [0.05, 0.1) is 11.4 Å². The van der Waals surface area contributed by atoms with E-state index >= 15 is 0 Å². The fraction of sp³-hybridized carbons (Fsp3) is 0.377. The van der Waals surface area contributed by atoms with Crippen LogP contribution in [0.25, 0.3) is 11.1 Å². The maximum atomic E-state index is 2.66. The first-order valence-corrected chi connectivity index (χ1v) is 30.8. The molecule has 0 unspecified atom stereocenters. The lowest BCUT2D eigenvalue weighted by Crippen LogP contribution is -2.26. The van der Waals surface area contributed by atoms with E-state index in [2.05, 4.69) is 211 Å². The molecule has 3 aliphatic rings. The van der Waals surface area contributed by atoms with Crippen LogP contribution in [-0.4, -0.2) is 0 Å². The van der Waals surface area contributed by atoms with Gasteiger partial charge < -0.3 is 9.80 Å². The summed E-state index contributed by atoms with van der Waals surface area (Å²) >= 11 is 0. The van der Waals surface area contributed by atoms with Crippen molar-refractivity contribution in [3.8, 4) is 11.1 Å².